The van der Waals surface area contributed by atoms with Crippen molar-refractivity contribution in [3.63, 3.8) is 0 Å². The summed E-state index contributed by atoms with van der Waals surface area (Å²) in [7, 11) is 1.61. The minimum Gasteiger partial charge on any atom is -0.399 e. The van der Waals surface area contributed by atoms with E-state index < -0.39 is 0 Å². The molecule has 0 atom stereocenters. The Labute approximate surface area is 76.7 Å². The molecule has 0 aliphatic heterocycles. The third kappa shape index (κ3) is 3.29. The van der Waals surface area contributed by atoms with Crippen LogP contribution in [0.2, 0.25) is 0 Å². The molecule has 0 heterocycles. The third-order valence-electron chi connectivity index (χ3n) is 1.56. The van der Waals surface area contributed by atoms with Gasteiger partial charge < -0.3 is 15.8 Å². The second-order valence-electron chi connectivity index (χ2n) is 2.69. The lowest BCUT2D eigenvalue weighted by atomic mass is 10.2. The highest BCUT2D eigenvalue weighted by Gasteiger charge is 1.96. The van der Waals surface area contributed by atoms with Crippen molar-refractivity contribution in [3.05, 3.63) is 24.0 Å². The Morgan fingerprint density at radius 2 is 2.23 bits per heavy atom. The van der Waals surface area contributed by atoms with Crippen LogP contribution < -0.4 is 11.1 Å². The predicted molar refractivity (Wildman–Crippen MR) is 51.2 cm³/mol. The van der Waals surface area contributed by atoms with Crippen LogP contribution in [0.4, 0.5) is 15.8 Å². The molecule has 1 aromatic rings. The van der Waals surface area contributed by atoms with Crippen molar-refractivity contribution in [2.45, 2.75) is 0 Å². The van der Waals surface area contributed by atoms with E-state index in [0.717, 1.165) is 0 Å². The van der Waals surface area contributed by atoms with Crippen LogP contribution in [0.1, 0.15) is 0 Å². The zero-order valence-electron chi connectivity index (χ0n) is 7.51. The Kier molecular flexibility index (Phi) is 3.52. The summed E-state index contributed by atoms with van der Waals surface area (Å²) >= 11 is 0. The lowest BCUT2D eigenvalue weighted by Crippen LogP contribution is -2.07. The van der Waals surface area contributed by atoms with Crippen LogP contribution in [-0.4, -0.2) is 20.3 Å². The molecule has 1 rings (SSSR count). The predicted octanol–water partition coefficient (Wildman–Crippen LogP) is 1.47. The largest absolute Gasteiger partial charge is 0.399 e. The van der Waals surface area contributed by atoms with Gasteiger partial charge in [-0.3, -0.25) is 0 Å². The minimum atomic E-state index is -0.333. The number of rotatable bonds is 4. The number of anilines is 2. The van der Waals surface area contributed by atoms with Gasteiger partial charge in [0.25, 0.3) is 0 Å². The number of hydrogen-bond donors (Lipinski definition) is 2. The molecule has 1 aromatic carbocycles. The number of nitrogen functional groups attached to an aromatic ring is 1. The number of halogens is 1. The first-order valence-electron chi connectivity index (χ1n) is 4.01. The van der Waals surface area contributed by atoms with Gasteiger partial charge in [-0.15, -0.1) is 0 Å². The molecule has 0 aromatic heterocycles. The summed E-state index contributed by atoms with van der Waals surface area (Å²) in [4.78, 5) is 0. The second-order valence-corrected chi connectivity index (χ2v) is 2.69. The zero-order valence-corrected chi connectivity index (χ0v) is 7.51. The molecule has 13 heavy (non-hydrogen) atoms. The van der Waals surface area contributed by atoms with Crippen LogP contribution in [0.3, 0.4) is 0 Å². The van der Waals surface area contributed by atoms with Crippen LogP contribution in [0.15, 0.2) is 18.2 Å². The van der Waals surface area contributed by atoms with Gasteiger partial charge in [0.2, 0.25) is 0 Å². The average Bonchev–Trinajstić information content (AvgIpc) is 2.03. The van der Waals surface area contributed by atoms with Gasteiger partial charge in [-0.2, -0.15) is 0 Å². The maximum absolute atomic E-state index is 12.8. The number of methoxy groups -OCH3 is 1. The molecule has 0 bridgehead atoms. The summed E-state index contributed by atoms with van der Waals surface area (Å²) < 4.78 is 17.6. The van der Waals surface area contributed by atoms with Gasteiger partial charge >= 0.3 is 0 Å². The fraction of sp³-hybridized carbons (Fsp3) is 0.333. The summed E-state index contributed by atoms with van der Waals surface area (Å²) in [5.41, 5.74) is 6.54. The summed E-state index contributed by atoms with van der Waals surface area (Å²) in [6.07, 6.45) is 0. The molecule has 3 nitrogen and oxygen atoms in total. The lowest BCUT2D eigenvalue weighted by Gasteiger charge is -2.06. The number of nitrogens with one attached hydrogen (secondary N) is 1. The van der Waals surface area contributed by atoms with Crippen molar-refractivity contribution < 1.29 is 9.13 Å². The van der Waals surface area contributed by atoms with Gasteiger partial charge in [0, 0.05) is 25.0 Å². The van der Waals surface area contributed by atoms with Gasteiger partial charge in [-0.1, -0.05) is 0 Å². The van der Waals surface area contributed by atoms with Crippen molar-refractivity contribution in [2.24, 2.45) is 0 Å². The molecule has 3 N–H and O–H groups in total. The molecule has 0 radical (unpaired) electrons. The average molecular weight is 184 g/mol. The molecule has 0 amide bonds. The van der Waals surface area contributed by atoms with Crippen LogP contribution >= 0.6 is 0 Å². The maximum atomic E-state index is 12.8. The standard InChI is InChI=1S/C9H13FN2O/c1-13-3-2-12-9-5-7(10)4-8(11)6-9/h4-6,12H,2-3,11H2,1H3. The monoisotopic (exact) mass is 184 g/mol. The van der Waals surface area contributed by atoms with E-state index in [-0.39, 0.29) is 5.82 Å². The molecule has 0 spiro atoms. The highest BCUT2D eigenvalue weighted by molar-refractivity contribution is 5.54. The summed E-state index contributed by atoms with van der Waals surface area (Å²) in [6.45, 7) is 1.22. The topological polar surface area (TPSA) is 47.3 Å². The van der Waals surface area contributed by atoms with Crippen LogP contribution in [0, 0.1) is 5.82 Å². The van der Waals surface area contributed by atoms with Crippen molar-refractivity contribution in [1.29, 1.82) is 0 Å². The third-order valence-corrected chi connectivity index (χ3v) is 1.56. The Morgan fingerprint density at radius 1 is 1.46 bits per heavy atom. The Hall–Kier alpha value is -1.29. The quantitative estimate of drug-likeness (QED) is 0.550. The lowest BCUT2D eigenvalue weighted by molar-refractivity contribution is 0.211. The molecule has 0 unspecified atom stereocenters. The minimum absolute atomic E-state index is 0.333. The molecule has 0 aliphatic rings. The Morgan fingerprint density at radius 3 is 2.85 bits per heavy atom. The number of nitrogens with two attached hydrogens (primary N) is 1. The van der Waals surface area contributed by atoms with Gasteiger partial charge in [0.05, 0.1) is 6.61 Å². The van der Waals surface area contributed by atoms with Crippen molar-refractivity contribution in [2.75, 3.05) is 31.3 Å². The van der Waals surface area contributed by atoms with Gasteiger partial charge in [-0.25, -0.2) is 4.39 Å². The van der Waals surface area contributed by atoms with E-state index in [9.17, 15) is 4.39 Å². The van der Waals surface area contributed by atoms with Crippen molar-refractivity contribution in [1.82, 2.24) is 0 Å². The molecule has 0 saturated heterocycles. The van der Waals surface area contributed by atoms with Crippen LogP contribution in [0.5, 0.6) is 0 Å². The van der Waals surface area contributed by atoms with Gasteiger partial charge in [0.15, 0.2) is 0 Å². The van der Waals surface area contributed by atoms with Gasteiger partial charge in [0.1, 0.15) is 5.82 Å². The highest BCUT2D eigenvalue weighted by Crippen LogP contribution is 2.14. The van der Waals surface area contributed by atoms with E-state index in [1.807, 2.05) is 0 Å². The molecular formula is C9H13FN2O. The highest BCUT2D eigenvalue weighted by atomic mass is 19.1. The maximum Gasteiger partial charge on any atom is 0.127 e. The van der Waals surface area contributed by atoms with E-state index >= 15 is 0 Å². The summed E-state index contributed by atoms with van der Waals surface area (Å²) in [5.74, 6) is -0.333. The van der Waals surface area contributed by atoms with E-state index in [1.54, 1.807) is 13.2 Å². The summed E-state index contributed by atoms with van der Waals surface area (Å²) in [5, 5.41) is 2.98. The first kappa shape index (κ1) is 9.80. The van der Waals surface area contributed by atoms with Crippen molar-refractivity contribution >= 4 is 11.4 Å². The Bertz CT molecular complexity index is 258. The second kappa shape index (κ2) is 4.67. The Balaban J connectivity index is 2.56. The van der Waals surface area contributed by atoms with Crippen LogP contribution in [0.25, 0.3) is 0 Å². The molecule has 0 aliphatic carbocycles. The first-order valence-corrected chi connectivity index (χ1v) is 4.01. The first-order chi connectivity index (χ1) is 6.22. The van der Waals surface area contributed by atoms with Crippen molar-refractivity contribution in [3.8, 4) is 0 Å². The van der Waals surface area contributed by atoms with Crippen LogP contribution in [-0.2, 0) is 4.74 Å². The van der Waals surface area contributed by atoms with Gasteiger partial charge in [-0.05, 0) is 18.2 Å². The number of hydrogen-bond acceptors (Lipinski definition) is 3. The SMILES string of the molecule is COCCNc1cc(N)cc(F)c1. The summed E-state index contributed by atoms with van der Waals surface area (Å²) in [6, 6.07) is 4.35. The zero-order chi connectivity index (χ0) is 9.68. The number of benzene rings is 1. The molecular weight excluding hydrogens is 171 g/mol. The van der Waals surface area contributed by atoms with E-state index in [0.29, 0.717) is 24.5 Å². The fourth-order valence-corrected chi connectivity index (χ4v) is 1.01. The van der Waals surface area contributed by atoms with E-state index in [2.05, 4.69) is 5.32 Å². The molecule has 72 valence electrons. The fourth-order valence-electron chi connectivity index (χ4n) is 1.01. The molecule has 0 saturated carbocycles. The van der Waals surface area contributed by atoms with E-state index in [1.165, 1.54) is 12.1 Å². The smallest absolute Gasteiger partial charge is 0.127 e. The molecule has 0 fully saturated rings. The van der Waals surface area contributed by atoms with E-state index in [4.69, 9.17) is 10.5 Å². The number of ether oxygens (including phenoxy) is 1. The molecule has 4 heteroatoms. The normalized spacial score (nSPS) is 10.0.